The Morgan fingerprint density at radius 3 is 3.14 bits per heavy atom. The normalized spacial score (nSPS) is 17.9. The maximum atomic E-state index is 12.1. The second-order valence-corrected chi connectivity index (χ2v) is 6.23. The summed E-state index contributed by atoms with van der Waals surface area (Å²) in [7, 11) is 0. The number of fused-ring (bicyclic) bond motifs is 1. The monoisotopic (exact) mass is 313 g/mol. The molecule has 0 saturated carbocycles. The number of aromatic nitrogens is 2. The minimum atomic E-state index is -0.0896. The number of H-pyrrole nitrogens is 1. The molecule has 0 unspecified atom stereocenters. The van der Waals surface area contributed by atoms with Crippen molar-refractivity contribution in [2.45, 2.75) is 18.9 Å². The van der Waals surface area contributed by atoms with Crippen molar-refractivity contribution in [3.05, 3.63) is 46.4 Å². The SMILES string of the molecule is O=C(Nc1ccc2nc([C@@H]3CCCO3)[nH]c2c1)c1cccs1. The van der Waals surface area contributed by atoms with Gasteiger partial charge in [0.05, 0.1) is 15.9 Å². The van der Waals surface area contributed by atoms with Crippen LogP contribution in [0.15, 0.2) is 35.7 Å². The van der Waals surface area contributed by atoms with Crippen LogP contribution in [0.1, 0.15) is 34.4 Å². The quantitative estimate of drug-likeness (QED) is 0.774. The van der Waals surface area contributed by atoms with E-state index < -0.39 is 0 Å². The third-order valence-corrected chi connectivity index (χ3v) is 4.61. The molecule has 3 heterocycles. The van der Waals surface area contributed by atoms with E-state index in [0.29, 0.717) is 4.88 Å². The largest absolute Gasteiger partial charge is 0.370 e. The van der Waals surface area contributed by atoms with Crippen molar-refractivity contribution in [2.24, 2.45) is 0 Å². The predicted molar refractivity (Wildman–Crippen MR) is 86.3 cm³/mol. The molecule has 1 aliphatic rings. The van der Waals surface area contributed by atoms with Crippen molar-refractivity contribution >= 4 is 34.0 Å². The number of rotatable bonds is 3. The van der Waals surface area contributed by atoms with Crippen molar-refractivity contribution in [1.82, 2.24) is 9.97 Å². The lowest BCUT2D eigenvalue weighted by Gasteiger charge is -2.03. The summed E-state index contributed by atoms with van der Waals surface area (Å²) in [5.74, 6) is 0.780. The fraction of sp³-hybridized carbons (Fsp3) is 0.250. The molecular formula is C16H15N3O2S. The summed E-state index contributed by atoms with van der Waals surface area (Å²) in [5.41, 5.74) is 2.56. The molecule has 0 spiro atoms. The first-order valence-electron chi connectivity index (χ1n) is 7.26. The molecule has 4 rings (SSSR count). The van der Waals surface area contributed by atoms with E-state index in [4.69, 9.17) is 4.74 Å². The van der Waals surface area contributed by atoms with Gasteiger partial charge in [-0.05, 0) is 42.5 Å². The van der Waals surface area contributed by atoms with Crippen LogP contribution in [0, 0.1) is 0 Å². The Morgan fingerprint density at radius 1 is 1.41 bits per heavy atom. The molecule has 6 heteroatoms. The average molecular weight is 313 g/mol. The number of anilines is 1. The van der Waals surface area contributed by atoms with Crippen molar-refractivity contribution in [2.75, 3.05) is 11.9 Å². The van der Waals surface area contributed by atoms with E-state index in [9.17, 15) is 4.79 Å². The minimum Gasteiger partial charge on any atom is -0.370 e. The highest BCUT2D eigenvalue weighted by Gasteiger charge is 2.21. The number of nitrogens with one attached hydrogen (secondary N) is 2. The summed E-state index contributed by atoms with van der Waals surface area (Å²) in [4.78, 5) is 20.7. The predicted octanol–water partition coefficient (Wildman–Crippen LogP) is 3.73. The Morgan fingerprint density at radius 2 is 2.36 bits per heavy atom. The molecule has 1 fully saturated rings. The number of carbonyl (C=O) groups is 1. The van der Waals surface area contributed by atoms with Crippen LogP contribution in [0.2, 0.25) is 0 Å². The summed E-state index contributed by atoms with van der Waals surface area (Å²) >= 11 is 1.43. The van der Waals surface area contributed by atoms with Crippen LogP contribution in [-0.4, -0.2) is 22.5 Å². The number of amides is 1. The van der Waals surface area contributed by atoms with Crippen LogP contribution in [-0.2, 0) is 4.74 Å². The summed E-state index contributed by atoms with van der Waals surface area (Å²) in [6, 6.07) is 9.37. The molecule has 1 aromatic carbocycles. The maximum Gasteiger partial charge on any atom is 0.265 e. The van der Waals surface area contributed by atoms with Gasteiger partial charge in [-0.3, -0.25) is 4.79 Å². The van der Waals surface area contributed by atoms with Gasteiger partial charge in [0.25, 0.3) is 5.91 Å². The summed E-state index contributed by atoms with van der Waals surface area (Å²) in [6.45, 7) is 0.795. The van der Waals surface area contributed by atoms with Gasteiger partial charge in [0, 0.05) is 12.3 Å². The molecule has 5 nitrogen and oxygen atoms in total. The number of hydrogen-bond donors (Lipinski definition) is 2. The van der Waals surface area contributed by atoms with Crippen molar-refractivity contribution in [3.8, 4) is 0 Å². The summed E-state index contributed by atoms with van der Waals surface area (Å²) in [5, 5.41) is 4.80. The lowest BCUT2D eigenvalue weighted by Crippen LogP contribution is -2.09. The van der Waals surface area contributed by atoms with Crippen LogP contribution in [0.5, 0.6) is 0 Å². The third-order valence-electron chi connectivity index (χ3n) is 3.74. The number of benzene rings is 1. The smallest absolute Gasteiger partial charge is 0.265 e. The van der Waals surface area contributed by atoms with Crippen molar-refractivity contribution < 1.29 is 9.53 Å². The fourth-order valence-corrected chi connectivity index (χ4v) is 3.27. The number of aromatic amines is 1. The molecule has 3 aromatic rings. The summed E-state index contributed by atoms with van der Waals surface area (Å²) < 4.78 is 5.65. The molecule has 0 aliphatic carbocycles. The van der Waals surface area contributed by atoms with Gasteiger partial charge in [0.2, 0.25) is 0 Å². The van der Waals surface area contributed by atoms with Gasteiger partial charge in [-0.2, -0.15) is 0 Å². The molecule has 0 bridgehead atoms. The van der Waals surface area contributed by atoms with E-state index in [0.717, 1.165) is 42.0 Å². The molecule has 112 valence electrons. The zero-order chi connectivity index (χ0) is 14.9. The number of hydrogen-bond acceptors (Lipinski definition) is 4. The highest BCUT2D eigenvalue weighted by Crippen LogP contribution is 2.28. The van der Waals surface area contributed by atoms with Gasteiger partial charge < -0.3 is 15.0 Å². The number of imidazole rings is 1. The Hall–Kier alpha value is -2.18. The second kappa shape index (κ2) is 5.55. The van der Waals surface area contributed by atoms with E-state index in [-0.39, 0.29) is 12.0 Å². The van der Waals surface area contributed by atoms with Crippen molar-refractivity contribution in [1.29, 1.82) is 0 Å². The molecular weight excluding hydrogens is 298 g/mol. The summed E-state index contributed by atoms with van der Waals surface area (Å²) in [6.07, 6.45) is 2.14. The van der Waals surface area contributed by atoms with E-state index in [1.807, 2.05) is 35.7 Å². The topological polar surface area (TPSA) is 67.0 Å². The molecule has 1 saturated heterocycles. The lowest BCUT2D eigenvalue weighted by atomic mass is 10.2. The lowest BCUT2D eigenvalue weighted by molar-refractivity contribution is 0.103. The van der Waals surface area contributed by atoms with Crippen LogP contribution >= 0.6 is 11.3 Å². The van der Waals surface area contributed by atoms with E-state index in [1.165, 1.54) is 11.3 Å². The average Bonchev–Trinajstić information content (AvgIpc) is 3.26. The first kappa shape index (κ1) is 13.5. The Kier molecular flexibility index (Phi) is 3.40. The standard InChI is InChI=1S/C16H15N3O2S/c20-16(14-4-2-8-22-14)17-10-5-6-11-12(9-10)19-15(18-11)13-3-1-7-21-13/h2,4-6,8-9,13H,1,3,7H2,(H,17,20)(H,18,19)/t13-/m0/s1. The molecule has 1 amide bonds. The van der Waals surface area contributed by atoms with Crippen LogP contribution in [0.3, 0.4) is 0 Å². The third kappa shape index (κ3) is 2.51. The molecule has 1 atom stereocenters. The zero-order valence-electron chi connectivity index (χ0n) is 11.8. The fourth-order valence-electron chi connectivity index (χ4n) is 2.65. The Labute approximate surface area is 131 Å². The van der Waals surface area contributed by atoms with E-state index in [1.54, 1.807) is 0 Å². The number of nitrogens with zero attached hydrogens (tertiary/aromatic N) is 1. The van der Waals surface area contributed by atoms with Gasteiger partial charge in [-0.1, -0.05) is 6.07 Å². The molecule has 2 N–H and O–H groups in total. The van der Waals surface area contributed by atoms with Gasteiger partial charge in [-0.25, -0.2) is 4.98 Å². The number of thiophene rings is 1. The molecule has 22 heavy (non-hydrogen) atoms. The Balaban J connectivity index is 1.58. The van der Waals surface area contributed by atoms with Crippen LogP contribution in [0.4, 0.5) is 5.69 Å². The minimum absolute atomic E-state index is 0.0663. The van der Waals surface area contributed by atoms with Gasteiger partial charge in [-0.15, -0.1) is 11.3 Å². The zero-order valence-corrected chi connectivity index (χ0v) is 12.7. The highest BCUT2D eigenvalue weighted by molar-refractivity contribution is 7.12. The first-order valence-corrected chi connectivity index (χ1v) is 8.14. The van der Waals surface area contributed by atoms with Gasteiger partial charge >= 0.3 is 0 Å². The molecule has 1 aliphatic heterocycles. The maximum absolute atomic E-state index is 12.1. The first-order chi connectivity index (χ1) is 10.8. The second-order valence-electron chi connectivity index (χ2n) is 5.29. The van der Waals surface area contributed by atoms with Crippen molar-refractivity contribution in [3.63, 3.8) is 0 Å². The van der Waals surface area contributed by atoms with Gasteiger partial charge in [0.1, 0.15) is 11.9 Å². The molecule has 2 aromatic heterocycles. The van der Waals surface area contributed by atoms with Crippen LogP contribution < -0.4 is 5.32 Å². The Bertz CT molecular complexity index is 804. The van der Waals surface area contributed by atoms with E-state index >= 15 is 0 Å². The van der Waals surface area contributed by atoms with Crippen LogP contribution in [0.25, 0.3) is 11.0 Å². The number of carbonyl (C=O) groups excluding carboxylic acids is 1. The van der Waals surface area contributed by atoms with Gasteiger partial charge in [0.15, 0.2) is 0 Å². The number of ether oxygens (including phenoxy) is 1. The van der Waals surface area contributed by atoms with E-state index in [2.05, 4.69) is 15.3 Å². The molecule has 0 radical (unpaired) electrons. The highest BCUT2D eigenvalue weighted by atomic mass is 32.1.